The van der Waals surface area contributed by atoms with Crippen LogP contribution >= 0.6 is 0 Å². The molecule has 7 N–H and O–H groups in total. The molecule has 276 valence electrons. The van der Waals surface area contributed by atoms with Crippen LogP contribution in [0.25, 0.3) is 0 Å². The van der Waals surface area contributed by atoms with E-state index in [9.17, 15) is 24.6 Å². The van der Waals surface area contributed by atoms with E-state index >= 15 is 0 Å². The molecule has 1 aliphatic heterocycles. The van der Waals surface area contributed by atoms with Crippen molar-refractivity contribution in [3.05, 3.63) is 84.2 Å². The second-order valence-electron chi connectivity index (χ2n) is 14.4. The standard InChI is InChI=1S/C39H55N7O5/c40-30-16-19-46(20-17-30)36(48)23-29(21-27-9-3-1-4-10-27)38(50)45-34(24-32-25-41-26-43-32)39(51)44-33(22-28-11-5-2-6-12-28)37(49)35(47)15-14-31-13-7-8-18-42-31/h1,3-4,7-10,13,18,25-26,28-30,33-35,37,47,49H,2,5-6,11-12,14-17,19-24,40H2,(H,41,43)(H,44,51)(H,45,50)/t29?,33?,34-,35-,37+/m0/s1. The van der Waals surface area contributed by atoms with Crippen molar-refractivity contribution in [2.75, 3.05) is 13.1 Å². The predicted octanol–water partition coefficient (Wildman–Crippen LogP) is 2.84. The highest BCUT2D eigenvalue weighted by Gasteiger charge is 2.35. The number of aliphatic hydroxyl groups excluding tert-OH is 2. The number of benzene rings is 1. The van der Waals surface area contributed by atoms with E-state index in [1.807, 2.05) is 48.5 Å². The minimum absolute atomic E-state index is 0.000154. The molecular formula is C39H55N7O5. The van der Waals surface area contributed by atoms with Crippen LogP contribution in [0.3, 0.4) is 0 Å². The van der Waals surface area contributed by atoms with Gasteiger partial charge in [0.2, 0.25) is 17.7 Å². The average molecular weight is 702 g/mol. The highest BCUT2D eigenvalue weighted by Crippen LogP contribution is 2.29. The molecule has 12 heteroatoms. The number of aromatic amines is 1. The van der Waals surface area contributed by atoms with Gasteiger partial charge in [-0.3, -0.25) is 19.4 Å². The normalized spacial score (nSPS) is 18.7. The smallest absolute Gasteiger partial charge is 0.243 e. The zero-order chi connectivity index (χ0) is 36.0. The number of aliphatic hydroxyl groups is 2. The number of aromatic nitrogens is 3. The molecule has 1 aromatic carbocycles. The summed E-state index contributed by atoms with van der Waals surface area (Å²) in [4.78, 5) is 55.0. The molecule has 0 bridgehead atoms. The van der Waals surface area contributed by atoms with Crippen LogP contribution in [0.5, 0.6) is 0 Å². The summed E-state index contributed by atoms with van der Waals surface area (Å²) in [6.07, 6.45) is 11.0. The highest BCUT2D eigenvalue weighted by molar-refractivity contribution is 5.91. The van der Waals surface area contributed by atoms with Crippen LogP contribution in [0.2, 0.25) is 0 Å². The van der Waals surface area contributed by atoms with Gasteiger partial charge in [0.05, 0.1) is 24.4 Å². The van der Waals surface area contributed by atoms with Crippen molar-refractivity contribution in [3.8, 4) is 0 Å². The molecule has 51 heavy (non-hydrogen) atoms. The van der Waals surface area contributed by atoms with Crippen LogP contribution < -0.4 is 16.4 Å². The number of H-pyrrole nitrogens is 1. The number of hydrogen-bond donors (Lipinski definition) is 6. The zero-order valence-electron chi connectivity index (χ0n) is 29.5. The number of imidazole rings is 1. The van der Waals surface area contributed by atoms with E-state index in [-0.39, 0.29) is 31.2 Å². The molecule has 5 rings (SSSR count). The first-order chi connectivity index (χ1) is 24.7. The molecule has 0 spiro atoms. The summed E-state index contributed by atoms with van der Waals surface area (Å²) in [6, 6.07) is 13.5. The summed E-state index contributed by atoms with van der Waals surface area (Å²) >= 11 is 0. The number of aryl methyl sites for hydroxylation is 1. The van der Waals surface area contributed by atoms with E-state index in [0.29, 0.717) is 44.0 Å². The van der Waals surface area contributed by atoms with Crippen molar-refractivity contribution in [2.45, 2.75) is 114 Å². The SMILES string of the molecule is NC1CCN(C(=O)CC(Cc2ccccc2)C(=O)N[C@@H](Cc2cnc[nH]2)C(=O)NC(CC2CCCCC2)[C@@H](O)[C@@H](O)CCc2ccccn2)CC1. The molecule has 3 heterocycles. The maximum Gasteiger partial charge on any atom is 0.243 e. The van der Waals surface area contributed by atoms with E-state index in [1.54, 1.807) is 17.3 Å². The van der Waals surface area contributed by atoms with E-state index in [2.05, 4.69) is 25.6 Å². The Morgan fingerprint density at radius 1 is 0.922 bits per heavy atom. The second kappa shape index (κ2) is 19.5. The molecule has 1 saturated carbocycles. The Morgan fingerprint density at radius 2 is 1.67 bits per heavy atom. The fourth-order valence-corrected chi connectivity index (χ4v) is 7.39. The molecule has 2 aliphatic rings. The molecule has 3 amide bonds. The number of nitrogens with zero attached hydrogens (tertiary/aromatic N) is 3. The summed E-state index contributed by atoms with van der Waals surface area (Å²) in [5.41, 5.74) is 8.44. The summed E-state index contributed by atoms with van der Waals surface area (Å²) in [5.74, 6) is -1.40. The fraction of sp³-hybridized carbons (Fsp3) is 0.564. The Labute approximate surface area is 301 Å². The quantitative estimate of drug-likeness (QED) is 0.124. The van der Waals surface area contributed by atoms with Gasteiger partial charge in [-0.15, -0.1) is 0 Å². The molecular weight excluding hydrogens is 646 g/mol. The molecule has 12 nitrogen and oxygen atoms in total. The lowest BCUT2D eigenvalue weighted by atomic mass is 9.82. The van der Waals surface area contributed by atoms with Crippen LogP contribution in [0.1, 0.15) is 81.2 Å². The van der Waals surface area contributed by atoms with Gasteiger partial charge in [0, 0.05) is 55.8 Å². The number of hydrogen-bond acceptors (Lipinski definition) is 8. The number of likely N-dealkylation sites (tertiary alicyclic amines) is 1. The van der Waals surface area contributed by atoms with Gasteiger partial charge >= 0.3 is 0 Å². The first-order valence-electron chi connectivity index (χ1n) is 18.7. The molecule has 1 saturated heterocycles. The van der Waals surface area contributed by atoms with Gasteiger partial charge in [0.1, 0.15) is 12.1 Å². The number of amides is 3. The number of carbonyl (C=O) groups is 3. The second-order valence-corrected chi connectivity index (χ2v) is 14.4. The van der Waals surface area contributed by atoms with Crippen molar-refractivity contribution >= 4 is 17.7 Å². The van der Waals surface area contributed by atoms with Gasteiger partial charge in [-0.25, -0.2) is 4.98 Å². The first kappa shape index (κ1) is 38.1. The number of rotatable bonds is 17. The molecule has 0 radical (unpaired) electrons. The number of nitrogens with one attached hydrogen (secondary N) is 3. The number of carbonyl (C=O) groups excluding carboxylic acids is 3. The summed E-state index contributed by atoms with van der Waals surface area (Å²) in [5, 5.41) is 28.7. The lowest BCUT2D eigenvalue weighted by Crippen LogP contribution is -2.56. The minimum Gasteiger partial charge on any atom is -0.390 e. The molecule has 3 aromatic rings. The van der Waals surface area contributed by atoms with Crippen LogP contribution in [0, 0.1) is 11.8 Å². The number of nitrogens with two attached hydrogens (primary N) is 1. The third-order valence-corrected chi connectivity index (χ3v) is 10.5. The minimum atomic E-state index is -1.22. The van der Waals surface area contributed by atoms with Crippen molar-refractivity contribution < 1.29 is 24.6 Å². The molecule has 1 aliphatic carbocycles. The Morgan fingerprint density at radius 3 is 2.35 bits per heavy atom. The third-order valence-electron chi connectivity index (χ3n) is 10.5. The van der Waals surface area contributed by atoms with Crippen molar-refractivity contribution in [1.82, 2.24) is 30.5 Å². The molecule has 2 unspecified atom stereocenters. The maximum atomic E-state index is 14.2. The van der Waals surface area contributed by atoms with Crippen molar-refractivity contribution in [2.24, 2.45) is 17.6 Å². The Balaban J connectivity index is 1.32. The van der Waals surface area contributed by atoms with Crippen LogP contribution in [0.15, 0.2) is 67.3 Å². The van der Waals surface area contributed by atoms with Crippen molar-refractivity contribution in [1.29, 1.82) is 0 Å². The predicted molar refractivity (Wildman–Crippen MR) is 194 cm³/mol. The van der Waals surface area contributed by atoms with E-state index in [0.717, 1.165) is 49.8 Å². The number of piperidine rings is 1. The Kier molecular flexibility index (Phi) is 14.5. The van der Waals surface area contributed by atoms with Crippen LogP contribution in [0.4, 0.5) is 0 Å². The van der Waals surface area contributed by atoms with E-state index in [4.69, 9.17) is 5.73 Å². The van der Waals surface area contributed by atoms with Crippen molar-refractivity contribution in [3.63, 3.8) is 0 Å². The van der Waals surface area contributed by atoms with Gasteiger partial charge in [0.15, 0.2) is 0 Å². The number of pyridine rings is 1. The Hall–Kier alpha value is -4.13. The van der Waals surface area contributed by atoms with E-state index in [1.165, 1.54) is 12.7 Å². The van der Waals surface area contributed by atoms with Gasteiger partial charge in [-0.1, -0.05) is 68.5 Å². The topological polar surface area (TPSA) is 187 Å². The first-order valence-corrected chi connectivity index (χ1v) is 18.7. The lowest BCUT2D eigenvalue weighted by molar-refractivity contribution is -0.138. The maximum absolute atomic E-state index is 14.2. The van der Waals surface area contributed by atoms with E-state index < -0.39 is 42.0 Å². The van der Waals surface area contributed by atoms with Crippen LogP contribution in [-0.2, 0) is 33.6 Å². The summed E-state index contributed by atoms with van der Waals surface area (Å²) in [6.45, 7) is 1.12. The molecule has 2 fully saturated rings. The van der Waals surface area contributed by atoms with Gasteiger partial charge in [0.25, 0.3) is 0 Å². The largest absolute Gasteiger partial charge is 0.390 e. The zero-order valence-corrected chi connectivity index (χ0v) is 29.5. The van der Waals surface area contributed by atoms with Gasteiger partial charge in [-0.2, -0.15) is 0 Å². The molecule has 5 atom stereocenters. The molecule has 2 aromatic heterocycles. The van der Waals surface area contributed by atoms with Crippen LogP contribution in [-0.4, -0.2) is 91.2 Å². The van der Waals surface area contributed by atoms with Gasteiger partial charge < -0.3 is 36.5 Å². The highest BCUT2D eigenvalue weighted by atomic mass is 16.3. The summed E-state index contributed by atoms with van der Waals surface area (Å²) in [7, 11) is 0. The Bertz CT molecular complexity index is 1480. The fourth-order valence-electron chi connectivity index (χ4n) is 7.39. The monoisotopic (exact) mass is 701 g/mol. The van der Waals surface area contributed by atoms with Gasteiger partial charge in [-0.05, 0) is 62.1 Å². The third kappa shape index (κ3) is 12.0. The summed E-state index contributed by atoms with van der Waals surface area (Å²) < 4.78 is 0. The average Bonchev–Trinajstić information content (AvgIpc) is 3.67. The lowest BCUT2D eigenvalue weighted by Gasteiger charge is -2.33.